The third-order valence-corrected chi connectivity index (χ3v) is 8.75. The highest BCUT2D eigenvalue weighted by Crippen LogP contribution is 2.47. The predicted octanol–water partition coefficient (Wildman–Crippen LogP) is 5.97. The van der Waals surface area contributed by atoms with E-state index in [1.165, 1.54) is 24.3 Å². The van der Waals surface area contributed by atoms with E-state index in [4.69, 9.17) is 23.7 Å². The summed E-state index contributed by atoms with van der Waals surface area (Å²) >= 11 is 0. The average molecular weight is 776 g/mol. The van der Waals surface area contributed by atoms with E-state index in [1.807, 2.05) is 44.3 Å². The highest BCUT2D eigenvalue weighted by Gasteiger charge is 2.26. The van der Waals surface area contributed by atoms with Crippen molar-refractivity contribution in [1.29, 1.82) is 0 Å². The number of benzene rings is 5. The van der Waals surface area contributed by atoms with Gasteiger partial charge >= 0.3 is 0 Å². The minimum atomic E-state index is -0.319. The van der Waals surface area contributed by atoms with Crippen LogP contribution in [0.3, 0.4) is 0 Å². The molecule has 0 aliphatic rings. The summed E-state index contributed by atoms with van der Waals surface area (Å²) in [5, 5.41) is 1.81. The average Bonchev–Trinajstić information content (AvgIpc) is 3.11. The molecule has 0 aliphatic carbocycles. The molecule has 0 radical (unpaired) electrons. The van der Waals surface area contributed by atoms with Crippen LogP contribution in [-0.2, 0) is 7.05 Å². The lowest BCUT2D eigenvalue weighted by molar-refractivity contribution is -0.665. The second kappa shape index (κ2) is 14.7. The summed E-state index contributed by atoms with van der Waals surface area (Å²) in [7, 11) is 10.0. The molecule has 6 nitrogen and oxygen atoms in total. The Labute approximate surface area is 301 Å². The molecule has 9 heteroatoms. The van der Waals surface area contributed by atoms with E-state index in [2.05, 4.69) is 16.7 Å². The predicted molar refractivity (Wildman–Crippen MR) is 184 cm³/mol. The molecule has 6 aromatic rings. The number of halogens is 3. The Hall–Kier alpha value is -4.90. The van der Waals surface area contributed by atoms with Crippen LogP contribution in [-0.4, -0.2) is 35.5 Å². The molecule has 1 aromatic heterocycles. The number of hydrogen-bond donors (Lipinski definition) is 0. The Kier molecular flexibility index (Phi) is 10.6. The van der Waals surface area contributed by atoms with Gasteiger partial charge in [-0.05, 0) is 88.5 Å². The van der Waals surface area contributed by atoms with Crippen molar-refractivity contribution in [3.05, 3.63) is 108 Å². The smallest absolute Gasteiger partial charge is 0.213 e. The first kappa shape index (κ1) is 35.4. The molecule has 0 bridgehead atoms. The summed E-state index contributed by atoms with van der Waals surface area (Å²) in [5.74, 6) is 2.12. The molecule has 0 spiro atoms. The van der Waals surface area contributed by atoms with E-state index in [9.17, 15) is 8.78 Å². The maximum Gasteiger partial charge on any atom is 0.213 e. The molecule has 0 fully saturated rings. The first-order valence-corrected chi connectivity index (χ1v) is 15.3. The second-order valence-electron chi connectivity index (χ2n) is 11.4. The molecule has 0 atom stereocenters. The third kappa shape index (κ3) is 6.59. The molecule has 1 heterocycles. The molecular formula is C40H36F2INO5. The van der Waals surface area contributed by atoms with Crippen molar-refractivity contribution in [3.63, 3.8) is 0 Å². The zero-order chi connectivity index (χ0) is 34.1. The quantitative estimate of drug-likeness (QED) is 0.134. The first-order valence-electron chi connectivity index (χ1n) is 15.3. The van der Waals surface area contributed by atoms with E-state index in [1.54, 1.807) is 59.8 Å². The largest absolute Gasteiger partial charge is 1.00 e. The Morgan fingerprint density at radius 1 is 0.490 bits per heavy atom. The summed E-state index contributed by atoms with van der Waals surface area (Å²) < 4.78 is 58.9. The lowest BCUT2D eigenvalue weighted by atomic mass is 9.91. The molecule has 0 saturated heterocycles. The summed E-state index contributed by atoms with van der Waals surface area (Å²) in [4.78, 5) is 0. The molecule has 0 amide bonds. The Bertz CT molecular complexity index is 2090. The van der Waals surface area contributed by atoms with E-state index in [0.29, 0.717) is 28.7 Å². The van der Waals surface area contributed by atoms with Gasteiger partial charge in [-0.3, -0.25) is 0 Å². The van der Waals surface area contributed by atoms with Gasteiger partial charge in [0, 0.05) is 23.9 Å². The summed E-state index contributed by atoms with van der Waals surface area (Å²) in [6, 6.07) is 26.8. The van der Waals surface area contributed by atoms with Crippen molar-refractivity contribution in [2.75, 3.05) is 35.5 Å². The number of pyridine rings is 1. The van der Waals surface area contributed by atoms with Crippen molar-refractivity contribution < 1.29 is 61.0 Å². The van der Waals surface area contributed by atoms with E-state index >= 15 is 0 Å². The van der Waals surface area contributed by atoms with Gasteiger partial charge in [0.15, 0.2) is 28.7 Å². The molecule has 252 valence electrons. The van der Waals surface area contributed by atoms with Crippen molar-refractivity contribution in [2.24, 2.45) is 7.05 Å². The molecule has 0 N–H and O–H groups in total. The maximum atomic E-state index is 13.9. The number of ether oxygens (including phenoxy) is 5. The van der Waals surface area contributed by atoms with E-state index in [-0.39, 0.29) is 35.6 Å². The monoisotopic (exact) mass is 775 g/mol. The highest BCUT2D eigenvalue weighted by atomic mass is 127. The fourth-order valence-corrected chi connectivity index (χ4v) is 6.26. The molecular weight excluding hydrogens is 739 g/mol. The zero-order valence-electron chi connectivity index (χ0n) is 28.3. The van der Waals surface area contributed by atoms with Gasteiger partial charge in [-0.1, -0.05) is 24.3 Å². The minimum Gasteiger partial charge on any atom is -1.00 e. The standard InChI is InChI=1S/C40H36F2NO5.HI/c1-23-37-30(22-36(45-4)39(47-6)40(37)48-7)20-34(43(23)2)29-19-33(38(46-5)35(21-29)44-3)28-17-26(24-8-12-31(41)13-9-24)16-27(18-28)25-10-14-32(42)15-11-25;/h8-22H,1-7H3;1H/q+1;/p-1. The van der Waals surface area contributed by atoms with Crippen LogP contribution in [0.2, 0.25) is 0 Å². The van der Waals surface area contributed by atoms with Crippen LogP contribution in [0.4, 0.5) is 8.78 Å². The van der Waals surface area contributed by atoms with Gasteiger partial charge in [0.2, 0.25) is 11.4 Å². The van der Waals surface area contributed by atoms with Crippen molar-refractivity contribution in [3.8, 4) is 73.4 Å². The molecule has 0 aliphatic heterocycles. The number of fused-ring (bicyclic) bond motifs is 1. The van der Waals surface area contributed by atoms with Gasteiger partial charge in [0.05, 0.1) is 46.5 Å². The fraction of sp³-hybridized carbons (Fsp3) is 0.175. The van der Waals surface area contributed by atoms with Crippen LogP contribution in [0.1, 0.15) is 5.69 Å². The SMILES string of the molecule is COc1cc(-c2cc3cc(OC)c(OC)c(OC)c3c(C)[n+]2C)cc(-c2cc(-c3ccc(F)cc3)cc(-c3ccc(F)cc3)c2)c1OC.[I-]. The normalized spacial score (nSPS) is 10.8. The van der Waals surface area contributed by atoms with Crippen LogP contribution in [0.5, 0.6) is 28.7 Å². The number of nitrogens with zero attached hydrogens (tertiary/aromatic N) is 1. The summed E-state index contributed by atoms with van der Waals surface area (Å²) in [6.45, 7) is 2.03. The van der Waals surface area contributed by atoms with E-state index < -0.39 is 0 Å². The van der Waals surface area contributed by atoms with Crippen LogP contribution in [0.25, 0.3) is 55.4 Å². The summed E-state index contributed by atoms with van der Waals surface area (Å²) in [5.41, 5.74) is 7.73. The number of aromatic nitrogens is 1. The first-order chi connectivity index (χ1) is 23.2. The van der Waals surface area contributed by atoms with Gasteiger partial charge in [-0.25, -0.2) is 8.78 Å². The zero-order valence-corrected chi connectivity index (χ0v) is 30.4. The van der Waals surface area contributed by atoms with Gasteiger partial charge in [0.1, 0.15) is 18.7 Å². The number of aryl methyl sites for hydroxylation is 1. The van der Waals surface area contributed by atoms with Gasteiger partial charge in [0.25, 0.3) is 0 Å². The van der Waals surface area contributed by atoms with Gasteiger partial charge in [-0.2, -0.15) is 4.57 Å². The molecule has 0 saturated carbocycles. The van der Waals surface area contributed by atoms with Crippen molar-refractivity contribution in [1.82, 2.24) is 0 Å². The second-order valence-corrected chi connectivity index (χ2v) is 11.4. The Balaban J connectivity index is 0.00000468. The fourth-order valence-electron chi connectivity index (χ4n) is 6.26. The molecule has 5 aromatic carbocycles. The number of rotatable bonds is 9. The molecule has 0 unspecified atom stereocenters. The van der Waals surface area contributed by atoms with E-state index in [0.717, 1.165) is 61.1 Å². The van der Waals surface area contributed by atoms with Crippen molar-refractivity contribution >= 4 is 10.8 Å². The third-order valence-electron chi connectivity index (χ3n) is 8.75. The Morgan fingerprint density at radius 3 is 1.47 bits per heavy atom. The maximum absolute atomic E-state index is 13.9. The Morgan fingerprint density at radius 2 is 0.980 bits per heavy atom. The lowest BCUT2D eigenvalue weighted by Crippen LogP contribution is -3.00. The van der Waals surface area contributed by atoms with Crippen LogP contribution >= 0.6 is 0 Å². The van der Waals surface area contributed by atoms with Crippen LogP contribution in [0.15, 0.2) is 91.0 Å². The minimum absolute atomic E-state index is 0. The molecule has 6 rings (SSSR count). The number of hydrogen-bond acceptors (Lipinski definition) is 5. The molecule has 49 heavy (non-hydrogen) atoms. The summed E-state index contributed by atoms with van der Waals surface area (Å²) in [6.07, 6.45) is 0. The topological polar surface area (TPSA) is 50.0 Å². The highest BCUT2D eigenvalue weighted by molar-refractivity contribution is 5.96. The van der Waals surface area contributed by atoms with Gasteiger partial charge in [-0.15, -0.1) is 0 Å². The lowest BCUT2D eigenvalue weighted by Gasteiger charge is -2.18. The van der Waals surface area contributed by atoms with Crippen LogP contribution in [0, 0.1) is 18.6 Å². The van der Waals surface area contributed by atoms with Gasteiger partial charge < -0.3 is 47.7 Å². The van der Waals surface area contributed by atoms with Crippen LogP contribution < -0.4 is 52.2 Å². The number of methoxy groups -OCH3 is 5. The van der Waals surface area contributed by atoms with Crippen molar-refractivity contribution in [2.45, 2.75) is 6.92 Å².